The molecule has 0 aliphatic rings. The number of hydrogen-bond donors (Lipinski definition) is 14. The number of esters is 1. The largest absolute Gasteiger partial charge is 0.508 e. The van der Waals surface area contributed by atoms with Crippen molar-refractivity contribution in [2.75, 3.05) is 18.6 Å². The lowest BCUT2D eigenvalue weighted by Crippen LogP contribution is -2.03. The van der Waals surface area contributed by atoms with Crippen molar-refractivity contribution in [1.82, 2.24) is 0 Å². The van der Waals surface area contributed by atoms with E-state index in [4.69, 9.17) is 69.0 Å². The molecule has 0 aromatic heterocycles. The Morgan fingerprint density at radius 3 is 1.43 bits per heavy atom. The number of phenols is 11. The number of para-hydroxylation sites is 1. The highest BCUT2D eigenvalue weighted by Gasteiger charge is 2.11. The Labute approximate surface area is 631 Å². The summed E-state index contributed by atoms with van der Waals surface area (Å²) < 4.78 is 17.5. The van der Waals surface area contributed by atoms with Crippen molar-refractivity contribution in [3.8, 4) is 74.4 Å². The number of nitrogens with two attached hydrogens (primary N) is 2. The van der Waals surface area contributed by atoms with Crippen LogP contribution in [0.4, 0.5) is 21.5 Å². The van der Waals surface area contributed by atoms with E-state index >= 15 is 0 Å². The van der Waals surface area contributed by atoms with Gasteiger partial charge in [-0.1, -0.05) is 142 Å². The van der Waals surface area contributed by atoms with E-state index in [0.29, 0.717) is 50.2 Å². The zero-order chi connectivity index (χ0) is 77.9. The topological polar surface area (TPSA) is 364 Å². The van der Waals surface area contributed by atoms with Crippen molar-refractivity contribution in [2.45, 2.75) is 83.8 Å². The van der Waals surface area contributed by atoms with E-state index in [1.165, 1.54) is 73.3 Å². The molecule has 0 heterocycles. The monoisotopic (exact) mass is 1530 g/mol. The molecule has 0 atom stereocenters. The highest BCUT2D eigenvalue weighted by atomic mass is 79.9. The molecule has 0 amide bonds. The SMILES string of the molecule is C.C.COC(=O)c1cccc(O)c1C.Cc1cc(-c2ccccc2)ccc1O.Cc1cc([N+](=O)[O-])ccc1O.Cc1ccc(C)c(O)c1.Cc1ccc(CO)cc1O.Cc1ccc(Cl)cc1O.Cc1ccc(F)cc1O.Cc1cccc(Br)c1O.Nc1cc2ccccc2cc1O.Nc1ccc(O)cc1O. The molecular weight excluding hydrogens is 1440 g/mol. The van der Waals surface area contributed by atoms with Crippen LogP contribution in [0.2, 0.25) is 5.02 Å². The number of benzene rings is 12. The first-order valence-corrected chi connectivity index (χ1v) is 32.6. The highest BCUT2D eigenvalue weighted by Crippen LogP contribution is 2.30. The number of ether oxygens (including phenoxy) is 1. The summed E-state index contributed by atoms with van der Waals surface area (Å²) in [4.78, 5) is 20.7. The number of aryl methyl sites for hydroxylation is 8. The molecule has 0 aliphatic carbocycles. The molecule has 16 N–H and O–H groups in total. The van der Waals surface area contributed by atoms with E-state index in [1.807, 2.05) is 126 Å². The molecular formula is C84H94BrClFN3O16. The summed E-state index contributed by atoms with van der Waals surface area (Å²) in [5.41, 5.74) is 22.2. The minimum absolute atomic E-state index is 0. The third kappa shape index (κ3) is 32.0. The third-order valence-electron chi connectivity index (χ3n) is 14.7. The predicted octanol–water partition coefficient (Wildman–Crippen LogP) is 20.4. The Morgan fingerprint density at radius 2 is 0.962 bits per heavy atom. The fraction of sp³-hybridized carbons (Fsp3) is 0.155. The fourth-order valence-electron chi connectivity index (χ4n) is 8.21. The number of methoxy groups -OCH3 is 1. The Bertz CT molecular complexity index is 4500. The Hall–Kier alpha value is -12.2. The molecule has 0 aliphatic heterocycles. The lowest BCUT2D eigenvalue weighted by atomic mass is 10.0. The van der Waals surface area contributed by atoms with E-state index in [2.05, 4.69) is 32.8 Å². The van der Waals surface area contributed by atoms with Crippen molar-refractivity contribution >= 4 is 61.3 Å². The molecule has 0 unspecified atom stereocenters. The first-order chi connectivity index (χ1) is 49.1. The number of halogens is 3. The highest BCUT2D eigenvalue weighted by molar-refractivity contribution is 9.10. The van der Waals surface area contributed by atoms with Gasteiger partial charge < -0.3 is 77.5 Å². The van der Waals surface area contributed by atoms with Crippen LogP contribution in [0.1, 0.15) is 80.8 Å². The van der Waals surface area contributed by atoms with E-state index in [9.17, 15) is 34.6 Å². The molecule has 19 nitrogen and oxygen atoms in total. The summed E-state index contributed by atoms with van der Waals surface area (Å²) in [6.07, 6.45) is 0. The number of nitrogen functional groups attached to an aromatic ring is 2. The molecule has 12 rings (SSSR count). The van der Waals surface area contributed by atoms with Gasteiger partial charge in [-0.2, -0.15) is 0 Å². The van der Waals surface area contributed by atoms with Gasteiger partial charge in [-0.3, -0.25) is 10.1 Å². The number of nitro groups is 1. The second kappa shape index (κ2) is 46.4. The molecule has 22 heteroatoms. The average Bonchev–Trinajstić information content (AvgIpc) is 0.823. The van der Waals surface area contributed by atoms with Crippen molar-refractivity contribution < 1.29 is 80.1 Å². The molecule has 12 aromatic rings. The first kappa shape index (κ1) is 91.8. The first-order valence-electron chi connectivity index (χ1n) is 31.5. The van der Waals surface area contributed by atoms with Gasteiger partial charge in [-0.05, 0) is 241 Å². The maximum Gasteiger partial charge on any atom is 0.338 e. The van der Waals surface area contributed by atoms with Crippen molar-refractivity contribution in [1.29, 1.82) is 0 Å². The van der Waals surface area contributed by atoms with Gasteiger partial charge in [0.25, 0.3) is 5.69 Å². The molecule has 0 saturated carbocycles. The van der Waals surface area contributed by atoms with Crippen molar-refractivity contribution in [3.05, 3.63) is 317 Å². The number of fused-ring (bicyclic) bond motifs is 1. The zero-order valence-electron chi connectivity index (χ0n) is 58.9. The number of aliphatic hydroxyl groups is 1. The zero-order valence-corrected chi connectivity index (χ0v) is 61.2. The number of aliphatic hydroxyl groups excluding tert-OH is 1. The van der Waals surface area contributed by atoms with Gasteiger partial charge in [0.2, 0.25) is 0 Å². The molecule has 0 saturated heterocycles. The van der Waals surface area contributed by atoms with E-state index in [0.717, 1.165) is 65.8 Å². The van der Waals surface area contributed by atoms with Crippen LogP contribution in [-0.2, 0) is 11.3 Å². The summed E-state index contributed by atoms with van der Waals surface area (Å²) in [5, 5.41) is 121. The number of non-ortho nitro benzene ring substituents is 1. The lowest BCUT2D eigenvalue weighted by molar-refractivity contribution is -0.384. The van der Waals surface area contributed by atoms with Crippen LogP contribution in [0.15, 0.2) is 235 Å². The smallest absolute Gasteiger partial charge is 0.338 e. The van der Waals surface area contributed by atoms with Crippen molar-refractivity contribution in [3.63, 3.8) is 0 Å². The molecule has 562 valence electrons. The van der Waals surface area contributed by atoms with E-state index in [-0.39, 0.29) is 78.8 Å². The quantitative estimate of drug-likeness (QED) is 0.0194. The van der Waals surface area contributed by atoms with Crippen molar-refractivity contribution in [2.24, 2.45) is 0 Å². The summed E-state index contributed by atoms with van der Waals surface area (Å²) in [5.74, 6) is 1.00. The number of rotatable bonds is 4. The van der Waals surface area contributed by atoms with Gasteiger partial charge in [-0.25, -0.2) is 9.18 Å². The standard InChI is InChI=1S/C13H12O.C10H9NO.C9H10O3.C8H10O2.C8H10O.C7H7BrO.C7H7ClO.C7H7FO.C7H7NO3.C6H7NO2.2CH4/c1-10-9-12(7-8-13(10)14)11-5-3-2-4-6-11;11-9-5-7-3-1-2-4-8(7)6-10(9)12;1-6-7(9(11)12-2)4-3-5-8(6)10;1-6-2-3-7(5-9)4-8(6)10;1-6-3-4-7(2)8(9)5-6;1-5-3-2-4-6(8)7(5)9;2*1-5-2-3-6(8)4-7(5)9;1-5-4-6(8(10)11)2-3-7(5)9;7-5-2-1-4(8)3-6(5)9;;/h2-9,14H,1H3;1-6,12H,11H2;3-5,10H,1-2H3;2-4,9-10H,5H2,1H3;3-5,9H,1-2H3;3*2-4,9H,1H3;2-4,9H,1H3;1-3,8-9H,7H2;2*1H4. The van der Waals surface area contributed by atoms with Crippen LogP contribution >= 0.6 is 27.5 Å². The normalized spacial score (nSPS) is 9.53. The number of aromatic hydroxyl groups is 11. The van der Waals surface area contributed by atoms with Crippen LogP contribution in [0.25, 0.3) is 21.9 Å². The maximum absolute atomic E-state index is 12.2. The lowest BCUT2D eigenvalue weighted by Gasteiger charge is -2.04. The van der Waals surface area contributed by atoms with E-state index < -0.39 is 16.7 Å². The molecule has 0 fully saturated rings. The molecule has 106 heavy (non-hydrogen) atoms. The molecule has 0 radical (unpaired) electrons. The number of hydrogen-bond acceptors (Lipinski definition) is 18. The number of carbonyl (C=O) groups is 1. The summed E-state index contributed by atoms with van der Waals surface area (Å²) in [6, 6.07) is 65.0. The average molecular weight is 1540 g/mol. The summed E-state index contributed by atoms with van der Waals surface area (Å²) in [7, 11) is 1.31. The second-order valence-electron chi connectivity index (χ2n) is 22.9. The molecule has 0 bridgehead atoms. The Balaban J connectivity index is 0.000000590. The second-order valence-corrected chi connectivity index (χ2v) is 24.2. The number of anilines is 2. The van der Waals surface area contributed by atoms with Gasteiger partial charge in [0, 0.05) is 34.9 Å². The van der Waals surface area contributed by atoms with Gasteiger partial charge in [0.1, 0.15) is 69.1 Å². The van der Waals surface area contributed by atoms with Gasteiger partial charge in [-0.15, -0.1) is 0 Å². The fourth-order valence-corrected chi connectivity index (χ4v) is 8.84. The number of carbonyl (C=O) groups excluding carboxylic acids is 1. The predicted molar refractivity (Wildman–Crippen MR) is 427 cm³/mol. The maximum atomic E-state index is 12.2. The number of nitrogens with zero attached hydrogens (tertiary/aromatic N) is 1. The van der Waals surface area contributed by atoms with Crippen LogP contribution in [-0.4, -0.2) is 79.3 Å². The van der Waals surface area contributed by atoms with Gasteiger partial charge >= 0.3 is 5.97 Å². The summed E-state index contributed by atoms with van der Waals surface area (Å²) >= 11 is 8.75. The van der Waals surface area contributed by atoms with Crippen LogP contribution in [0.5, 0.6) is 63.2 Å². The van der Waals surface area contributed by atoms with Crippen LogP contribution < -0.4 is 11.5 Å². The Morgan fingerprint density at radius 1 is 0.453 bits per heavy atom. The van der Waals surface area contributed by atoms with Gasteiger partial charge in [0.15, 0.2) is 0 Å². The molecule has 12 aromatic carbocycles. The van der Waals surface area contributed by atoms with Gasteiger partial charge in [0.05, 0.1) is 40.1 Å². The van der Waals surface area contributed by atoms with Crippen LogP contribution in [0, 0.1) is 78.2 Å². The number of nitro benzene ring substituents is 1. The number of phenolic OH excluding ortho intramolecular Hbond substituents is 11. The molecule has 0 spiro atoms. The van der Waals surface area contributed by atoms with E-state index in [1.54, 1.807) is 87.5 Å². The minimum Gasteiger partial charge on any atom is -0.508 e. The third-order valence-corrected chi connectivity index (χ3v) is 15.5. The summed E-state index contributed by atoms with van der Waals surface area (Å²) in [6.45, 7) is 16.2. The van der Waals surface area contributed by atoms with Crippen LogP contribution in [0.3, 0.4) is 0 Å². The Kier molecular flexibility index (Phi) is 40.2. The minimum atomic E-state index is -0.494.